The first-order valence-corrected chi connectivity index (χ1v) is 4.66. The molecule has 0 bridgehead atoms. The molecule has 0 amide bonds. The van der Waals surface area contributed by atoms with Gasteiger partial charge in [-0.25, -0.2) is 0 Å². The maximum absolute atomic E-state index is 5.62. The minimum absolute atomic E-state index is 0.0664. The van der Waals surface area contributed by atoms with Crippen molar-refractivity contribution >= 4 is 0 Å². The van der Waals surface area contributed by atoms with Gasteiger partial charge in [0.1, 0.15) is 6.26 Å². The van der Waals surface area contributed by atoms with E-state index in [2.05, 4.69) is 5.73 Å². The molecule has 0 fully saturated rings. The third-order valence-electron chi connectivity index (χ3n) is 1.19. The van der Waals surface area contributed by atoms with Crippen molar-refractivity contribution in [3.63, 3.8) is 0 Å². The molecule has 1 unspecified atom stereocenters. The Morgan fingerprint density at radius 2 is 2.00 bits per heavy atom. The maximum atomic E-state index is 5.62. The van der Waals surface area contributed by atoms with Gasteiger partial charge in [0.05, 0.1) is 18.3 Å². The molecule has 76 valence electrons. The molecular formula is C11H20O2. The van der Waals surface area contributed by atoms with Crippen LogP contribution in [-0.2, 0) is 9.47 Å². The third-order valence-corrected chi connectivity index (χ3v) is 1.19. The molecule has 1 atom stereocenters. The lowest BCUT2D eigenvalue weighted by Crippen LogP contribution is -2.24. The van der Waals surface area contributed by atoms with Gasteiger partial charge in [0.25, 0.3) is 0 Å². The standard InChI is InChI=1S/C11H20O2/c1-6-12-9-7-8-10(2)13-11(3,4)5/h8-10H,6H2,1-5H3. The summed E-state index contributed by atoms with van der Waals surface area (Å²) in [6, 6.07) is 0. The zero-order valence-corrected chi connectivity index (χ0v) is 9.26. The molecule has 13 heavy (non-hydrogen) atoms. The van der Waals surface area contributed by atoms with Crippen molar-refractivity contribution in [1.82, 2.24) is 0 Å². The van der Waals surface area contributed by atoms with E-state index in [1.807, 2.05) is 40.7 Å². The van der Waals surface area contributed by atoms with Crippen LogP contribution in [0, 0.1) is 0 Å². The Morgan fingerprint density at radius 3 is 2.46 bits per heavy atom. The van der Waals surface area contributed by atoms with Crippen LogP contribution in [-0.4, -0.2) is 18.3 Å². The first-order valence-electron chi connectivity index (χ1n) is 4.66. The van der Waals surface area contributed by atoms with E-state index in [1.54, 1.807) is 6.26 Å². The van der Waals surface area contributed by atoms with E-state index < -0.39 is 0 Å². The molecule has 0 spiro atoms. The summed E-state index contributed by atoms with van der Waals surface area (Å²) in [6.45, 7) is 10.7. The van der Waals surface area contributed by atoms with Crippen LogP contribution < -0.4 is 0 Å². The second kappa shape index (κ2) is 5.85. The van der Waals surface area contributed by atoms with Gasteiger partial charge >= 0.3 is 0 Å². The van der Waals surface area contributed by atoms with E-state index in [-0.39, 0.29) is 11.7 Å². The average molecular weight is 184 g/mol. The van der Waals surface area contributed by atoms with Crippen molar-refractivity contribution in [2.24, 2.45) is 0 Å². The van der Waals surface area contributed by atoms with E-state index in [4.69, 9.17) is 9.47 Å². The highest BCUT2D eigenvalue weighted by atomic mass is 16.5. The van der Waals surface area contributed by atoms with Gasteiger partial charge in [-0.05, 0) is 40.7 Å². The van der Waals surface area contributed by atoms with E-state index >= 15 is 0 Å². The zero-order chi connectivity index (χ0) is 10.3. The fraction of sp³-hybridized carbons (Fsp3) is 0.727. The molecule has 0 saturated heterocycles. The Kier molecular flexibility index (Phi) is 5.52. The van der Waals surface area contributed by atoms with Crippen molar-refractivity contribution in [1.29, 1.82) is 0 Å². The minimum Gasteiger partial charge on any atom is -0.493 e. The number of hydrogen-bond acceptors (Lipinski definition) is 2. The Balaban J connectivity index is 3.86. The Labute approximate surface area is 81.2 Å². The fourth-order valence-corrected chi connectivity index (χ4v) is 0.898. The van der Waals surface area contributed by atoms with Crippen LogP contribution in [0.5, 0.6) is 0 Å². The van der Waals surface area contributed by atoms with Crippen LogP contribution in [0.15, 0.2) is 18.1 Å². The molecule has 0 aromatic heterocycles. The van der Waals surface area contributed by atoms with Crippen molar-refractivity contribution in [2.75, 3.05) is 6.61 Å². The van der Waals surface area contributed by atoms with Gasteiger partial charge in [-0.1, -0.05) is 5.73 Å². The average Bonchev–Trinajstić information content (AvgIpc) is 1.94. The van der Waals surface area contributed by atoms with Crippen LogP contribution in [0.1, 0.15) is 34.6 Å². The molecule has 0 aliphatic rings. The predicted octanol–water partition coefficient (Wildman–Crippen LogP) is 2.90. The molecule has 0 aromatic carbocycles. The molecule has 2 heteroatoms. The summed E-state index contributed by atoms with van der Waals surface area (Å²) in [5.41, 5.74) is 2.80. The molecule has 0 aliphatic heterocycles. The van der Waals surface area contributed by atoms with Crippen LogP contribution >= 0.6 is 0 Å². The quantitative estimate of drug-likeness (QED) is 0.494. The van der Waals surface area contributed by atoms with Crippen LogP contribution in [0.3, 0.4) is 0 Å². The van der Waals surface area contributed by atoms with Crippen molar-refractivity contribution in [2.45, 2.75) is 46.3 Å². The van der Waals surface area contributed by atoms with Gasteiger partial charge in [0, 0.05) is 0 Å². The molecule has 0 N–H and O–H groups in total. The van der Waals surface area contributed by atoms with E-state index in [9.17, 15) is 0 Å². The first-order chi connectivity index (χ1) is 5.95. The van der Waals surface area contributed by atoms with E-state index in [0.717, 1.165) is 0 Å². The third kappa shape index (κ3) is 9.19. The normalized spacial score (nSPS) is 13.0. The molecular weight excluding hydrogens is 164 g/mol. The smallest absolute Gasteiger partial charge is 0.125 e. The molecule has 0 aromatic rings. The number of rotatable bonds is 4. The summed E-state index contributed by atoms with van der Waals surface area (Å²) in [5.74, 6) is 0. The van der Waals surface area contributed by atoms with E-state index in [0.29, 0.717) is 6.61 Å². The van der Waals surface area contributed by atoms with Gasteiger partial charge in [0.15, 0.2) is 0 Å². The summed E-state index contributed by atoms with van der Waals surface area (Å²) >= 11 is 0. The second-order valence-electron chi connectivity index (χ2n) is 3.84. The second-order valence-corrected chi connectivity index (χ2v) is 3.84. The van der Waals surface area contributed by atoms with Gasteiger partial charge in [0.2, 0.25) is 0 Å². The van der Waals surface area contributed by atoms with E-state index in [1.165, 1.54) is 0 Å². The summed E-state index contributed by atoms with van der Waals surface area (Å²) < 4.78 is 10.6. The summed E-state index contributed by atoms with van der Waals surface area (Å²) in [7, 11) is 0. The number of ether oxygens (including phenoxy) is 2. The maximum Gasteiger partial charge on any atom is 0.125 e. The molecule has 2 nitrogen and oxygen atoms in total. The highest BCUT2D eigenvalue weighted by Crippen LogP contribution is 2.10. The Morgan fingerprint density at radius 1 is 1.38 bits per heavy atom. The lowest BCUT2D eigenvalue weighted by molar-refractivity contribution is -0.0297. The molecule has 0 saturated carbocycles. The number of hydrogen-bond donors (Lipinski definition) is 0. The van der Waals surface area contributed by atoms with Gasteiger partial charge in [-0.3, -0.25) is 0 Å². The monoisotopic (exact) mass is 184 g/mol. The molecule has 0 heterocycles. The summed E-state index contributed by atoms with van der Waals surface area (Å²) in [6.07, 6.45) is 3.47. The van der Waals surface area contributed by atoms with Crippen LogP contribution in [0.4, 0.5) is 0 Å². The highest BCUT2D eigenvalue weighted by Gasteiger charge is 2.12. The first kappa shape index (κ1) is 12.3. The van der Waals surface area contributed by atoms with Crippen LogP contribution in [0.2, 0.25) is 0 Å². The molecule has 0 aliphatic carbocycles. The SMILES string of the molecule is CCOC=C=CC(C)OC(C)(C)C. The van der Waals surface area contributed by atoms with Gasteiger partial charge in [-0.2, -0.15) is 0 Å². The molecule has 0 rings (SSSR count). The Bertz CT molecular complexity index is 183. The Hall–Kier alpha value is -0.720. The largest absolute Gasteiger partial charge is 0.493 e. The van der Waals surface area contributed by atoms with Gasteiger partial charge in [-0.15, -0.1) is 0 Å². The van der Waals surface area contributed by atoms with Crippen molar-refractivity contribution in [3.8, 4) is 0 Å². The zero-order valence-electron chi connectivity index (χ0n) is 9.26. The van der Waals surface area contributed by atoms with Gasteiger partial charge < -0.3 is 9.47 Å². The predicted molar refractivity (Wildman–Crippen MR) is 54.6 cm³/mol. The topological polar surface area (TPSA) is 18.5 Å². The van der Waals surface area contributed by atoms with Crippen molar-refractivity contribution < 1.29 is 9.47 Å². The van der Waals surface area contributed by atoms with Crippen LogP contribution in [0.25, 0.3) is 0 Å². The molecule has 0 radical (unpaired) electrons. The summed E-state index contributed by atoms with van der Waals surface area (Å²) in [5, 5.41) is 0. The van der Waals surface area contributed by atoms with Crippen molar-refractivity contribution in [3.05, 3.63) is 18.1 Å². The minimum atomic E-state index is -0.108. The lowest BCUT2D eigenvalue weighted by atomic mass is 10.2. The lowest BCUT2D eigenvalue weighted by Gasteiger charge is -2.22. The highest BCUT2D eigenvalue weighted by molar-refractivity contribution is 4.86. The fourth-order valence-electron chi connectivity index (χ4n) is 0.898. The summed E-state index contributed by atoms with van der Waals surface area (Å²) in [4.78, 5) is 0.